The van der Waals surface area contributed by atoms with Crippen molar-refractivity contribution in [1.82, 2.24) is 10.4 Å². The van der Waals surface area contributed by atoms with E-state index in [0.717, 1.165) is 23.1 Å². The summed E-state index contributed by atoms with van der Waals surface area (Å²) in [7, 11) is 0. The van der Waals surface area contributed by atoms with Crippen LogP contribution in [-0.4, -0.2) is 4.98 Å². The van der Waals surface area contributed by atoms with Crippen LogP contribution in [0.15, 0.2) is 36.7 Å². The molecule has 0 radical (unpaired) electrons. The van der Waals surface area contributed by atoms with Gasteiger partial charge in [0.15, 0.2) is 0 Å². The Morgan fingerprint density at radius 3 is 2.68 bits per heavy atom. The van der Waals surface area contributed by atoms with Gasteiger partial charge in [0.05, 0.1) is 6.04 Å². The number of hydrazine groups is 1. The molecule has 0 saturated carbocycles. The van der Waals surface area contributed by atoms with Crippen LogP contribution in [0.3, 0.4) is 0 Å². The van der Waals surface area contributed by atoms with Crippen molar-refractivity contribution >= 4 is 23.2 Å². The molecule has 1 atom stereocenters. The summed E-state index contributed by atoms with van der Waals surface area (Å²) in [4.78, 5) is 4.14. The Morgan fingerprint density at radius 2 is 2.05 bits per heavy atom. The van der Waals surface area contributed by atoms with E-state index in [9.17, 15) is 0 Å². The van der Waals surface area contributed by atoms with E-state index < -0.39 is 0 Å². The van der Waals surface area contributed by atoms with Gasteiger partial charge < -0.3 is 0 Å². The Bertz CT molecular complexity index is 572. The van der Waals surface area contributed by atoms with Gasteiger partial charge >= 0.3 is 0 Å². The number of benzene rings is 1. The number of pyridine rings is 1. The lowest BCUT2D eigenvalue weighted by Crippen LogP contribution is -2.29. The standard InChI is InChI=1S/C14H15Cl2N3/c1-2-9-8-18-6-5-11(9)14(19-17)12-4-3-10(15)7-13(12)16/h3-8,14,19H,2,17H2,1H3. The average molecular weight is 296 g/mol. The third-order valence-electron chi connectivity index (χ3n) is 3.07. The van der Waals surface area contributed by atoms with Crippen LogP contribution < -0.4 is 11.3 Å². The lowest BCUT2D eigenvalue weighted by Gasteiger charge is -2.20. The summed E-state index contributed by atoms with van der Waals surface area (Å²) in [6, 6.07) is 7.18. The quantitative estimate of drug-likeness (QED) is 0.670. The Balaban J connectivity index is 2.50. The first-order valence-corrected chi connectivity index (χ1v) is 6.76. The number of rotatable bonds is 4. The molecule has 5 heteroatoms. The Kier molecular flexibility index (Phi) is 4.77. The minimum Gasteiger partial charge on any atom is -0.271 e. The molecular formula is C14H15Cl2N3. The fourth-order valence-corrected chi connectivity index (χ4v) is 2.62. The molecule has 0 aliphatic heterocycles. The van der Waals surface area contributed by atoms with Crippen LogP contribution in [0.2, 0.25) is 10.0 Å². The molecule has 3 N–H and O–H groups in total. The van der Waals surface area contributed by atoms with Crippen LogP contribution in [0.25, 0.3) is 0 Å². The van der Waals surface area contributed by atoms with Crippen molar-refractivity contribution in [3.8, 4) is 0 Å². The van der Waals surface area contributed by atoms with E-state index in [1.807, 2.05) is 18.3 Å². The van der Waals surface area contributed by atoms with Gasteiger partial charge in [-0.1, -0.05) is 36.2 Å². The van der Waals surface area contributed by atoms with Gasteiger partial charge in [-0.3, -0.25) is 10.8 Å². The minimum atomic E-state index is -0.178. The fraction of sp³-hybridized carbons (Fsp3) is 0.214. The van der Waals surface area contributed by atoms with E-state index in [1.165, 1.54) is 0 Å². The fourth-order valence-electron chi connectivity index (χ4n) is 2.10. The molecule has 1 aromatic carbocycles. The molecule has 0 fully saturated rings. The first-order chi connectivity index (χ1) is 9.17. The van der Waals surface area contributed by atoms with E-state index in [0.29, 0.717) is 10.0 Å². The number of aromatic nitrogens is 1. The highest BCUT2D eigenvalue weighted by atomic mass is 35.5. The lowest BCUT2D eigenvalue weighted by molar-refractivity contribution is 0.630. The highest BCUT2D eigenvalue weighted by Crippen LogP contribution is 2.31. The smallest absolute Gasteiger partial charge is 0.0728 e. The molecule has 0 bridgehead atoms. The third kappa shape index (κ3) is 3.07. The second-order valence-corrected chi connectivity index (χ2v) is 5.04. The largest absolute Gasteiger partial charge is 0.271 e. The van der Waals surface area contributed by atoms with Crippen molar-refractivity contribution in [3.63, 3.8) is 0 Å². The van der Waals surface area contributed by atoms with Crippen molar-refractivity contribution in [2.24, 2.45) is 5.84 Å². The Hall–Kier alpha value is -1.13. The van der Waals surface area contributed by atoms with Gasteiger partial charge in [-0.15, -0.1) is 0 Å². The van der Waals surface area contributed by atoms with Crippen LogP contribution in [0, 0.1) is 0 Å². The number of nitrogens with one attached hydrogen (secondary N) is 1. The Labute approximate surface area is 122 Å². The molecule has 2 aromatic rings. The summed E-state index contributed by atoms with van der Waals surface area (Å²) in [5, 5.41) is 1.20. The number of nitrogens with zero attached hydrogens (tertiary/aromatic N) is 1. The summed E-state index contributed by atoms with van der Waals surface area (Å²) < 4.78 is 0. The van der Waals surface area contributed by atoms with Gasteiger partial charge in [0, 0.05) is 22.4 Å². The maximum Gasteiger partial charge on any atom is 0.0728 e. The number of aryl methyl sites for hydroxylation is 1. The van der Waals surface area contributed by atoms with Gasteiger partial charge in [0.25, 0.3) is 0 Å². The van der Waals surface area contributed by atoms with Crippen molar-refractivity contribution in [2.45, 2.75) is 19.4 Å². The topological polar surface area (TPSA) is 50.9 Å². The van der Waals surface area contributed by atoms with E-state index in [1.54, 1.807) is 18.3 Å². The molecule has 0 aliphatic rings. The maximum atomic E-state index is 6.25. The van der Waals surface area contributed by atoms with Gasteiger partial charge in [-0.25, -0.2) is 5.43 Å². The molecule has 0 saturated heterocycles. The summed E-state index contributed by atoms with van der Waals surface area (Å²) >= 11 is 12.2. The average Bonchev–Trinajstić information content (AvgIpc) is 2.42. The highest BCUT2D eigenvalue weighted by Gasteiger charge is 2.18. The van der Waals surface area contributed by atoms with Crippen molar-refractivity contribution in [1.29, 1.82) is 0 Å². The zero-order chi connectivity index (χ0) is 13.8. The zero-order valence-electron chi connectivity index (χ0n) is 10.5. The third-order valence-corrected chi connectivity index (χ3v) is 3.64. The SMILES string of the molecule is CCc1cnccc1C(NN)c1ccc(Cl)cc1Cl. The van der Waals surface area contributed by atoms with Crippen LogP contribution in [0.5, 0.6) is 0 Å². The van der Waals surface area contributed by atoms with Gasteiger partial charge in [0.1, 0.15) is 0 Å². The van der Waals surface area contributed by atoms with Crippen molar-refractivity contribution < 1.29 is 0 Å². The molecule has 1 heterocycles. The number of nitrogens with two attached hydrogens (primary N) is 1. The van der Waals surface area contributed by atoms with E-state index in [-0.39, 0.29) is 6.04 Å². The minimum absolute atomic E-state index is 0.178. The van der Waals surface area contributed by atoms with Crippen LogP contribution >= 0.6 is 23.2 Å². The molecule has 100 valence electrons. The molecule has 1 aromatic heterocycles. The first-order valence-electron chi connectivity index (χ1n) is 6.01. The number of halogens is 2. The predicted octanol–water partition coefficient (Wildman–Crippen LogP) is 3.50. The highest BCUT2D eigenvalue weighted by molar-refractivity contribution is 6.35. The monoisotopic (exact) mass is 295 g/mol. The molecular weight excluding hydrogens is 281 g/mol. The predicted molar refractivity (Wildman–Crippen MR) is 79.2 cm³/mol. The van der Waals surface area contributed by atoms with Crippen LogP contribution in [0.4, 0.5) is 0 Å². The van der Waals surface area contributed by atoms with Crippen molar-refractivity contribution in [3.05, 3.63) is 63.4 Å². The molecule has 2 rings (SSSR count). The lowest BCUT2D eigenvalue weighted by atomic mass is 9.95. The van der Waals surface area contributed by atoms with E-state index in [4.69, 9.17) is 29.0 Å². The van der Waals surface area contributed by atoms with Crippen molar-refractivity contribution in [2.75, 3.05) is 0 Å². The molecule has 1 unspecified atom stereocenters. The van der Waals surface area contributed by atoms with Gasteiger partial charge in [0.2, 0.25) is 0 Å². The van der Waals surface area contributed by atoms with Crippen LogP contribution in [0.1, 0.15) is 29.7 Å². The molecule has 3 nitrogen and oxygen atoms in total. The second kappa shape index (κ2) is 6.35. The second-order valence-electron chi connectivity index (χ2n) is 4.19. The molecule has 0 spiro atoms. The number of hydrogen-bond acceptors (Lipinski definition) is 3. The molecule has 0 amide bonds. The normalized spacial score (nSPS) is 12.4. The molecule has 0 aliphatic carbocycles. The molecule has 19 heavy (non-hydrogen) atoms. The Morgan fingerprint density at radius 1 is 1.26 bits per heavy atom. The summed E-state index contributed by atoms with van der Waals surface area (Å²) in [5.41, 5.74) is 5.92. The summed E-state index contributed by atoms with van der Waals surface area (Å²) in [5.74, 6) is 5.71. The number of hydrogen-bond donors (Lipinski definition) is 2. The van der Waals surface area contributed by atoms with Gasteiger partial charge in [-0.05, 0) is 41.3 Å². The van der Waals surface area contributed by atoms with Gasteiger partial charge in [-0.2, -0.15) is 0 Å². The van der Waals surface area contributed by atoms with Crippen LogP contribution in [-0.2, 0) is 6.42 Å². The maximum absolute atomic E-state index is 6.25. The first kappa shape index (κ1) is 14.3. The van der Waals surface area contributed by atoms with E-state index >= 15 is 0 Å². The zero-order valence-corrected chi connectivity index (χ0v) is 12.0. The summed E-state index contributed by atoms with van der Waals surface area (Å²) in [6.45, 7) is 2.08. The van der Waals surface area contributed by atoms with E-state index in [2.05, 4.69) is 17.3 Å². The summed E-state index contributed by atoms with van der Waals surface area (Å²) in [6.07, 6.45) is 4.48.